The molecule has 0 spiro atoms. The molecule has 2 heterocycles. The van der Waals surface area contributed by atoms with E-state index in [1.54, 1.807) is 24.3 Å². The molecule has 3 rings (SSSR count). The van der Waals surface area contributed by atoms with Gasteiger partial charge >= 0.3 is 0 Å². The molecule has 1 atom stereocenters. The number of carbonyl (C=O) groups is 1. The van der Waals surface area contributed by atoms with Crippen LogP contribution in [0.1, 0.15) is 37.7 Å². The molecular formula is C17H25ClN4O3S. The quantitative estimate of drug-likeness (QED) is 0.701. The predicted molar refractivity (Wildman–Crippen MR) is 103 cm³/mol. The van der Waals surface area contributed by atoms with Gasteiger partial charge in [0.2, 0.25) is 5.91 Å². The van der Waals surface area contributed by atoms with Crippen LogP contribution in [0.15, 0.2) is 34.2 Å². The molecule has 0 unspecified atom stereocenters. The van der Waals surface area contributed by atoms with Gasteiger partial charge in [-0.3, -0.25) is 14.5 Å². The molecule has 1 saturated heterocycles. The molecule has 0 aromatic heterocycles. The number of aliphatic imine (C=N–C) groups is 1. The van der Waals surface area contributed by atoms with E-state index in [4.69, 9.17) is 5.73 Å². The zero-order chi connectivity index (χ0) is 17.9. The maximum Gasteiger partial charge on any atom is 0.263 e. The van der Waals surface area contributed by atoms with Crippen molar-refractivity contribution in [3.8, 4) is 0 Å². The molecule has 3 N–H and O–H groups in total. The second-order valence-corrected chi connectivity index (χ2v) is 8.18. The summed E-state index contributed by atoms with van der Waals surface area (Å²) in [4.78, 5) is 18.5. The maximum atomic E-state index is 12.0. The van der Waals surface area contributed by atoms with Gasteiger partial charge in [0.1, 0.15) is 5.84 Å². The first kappa shape index (κ1) is 20.7. The first-order valence-electron chi connectivity index (χ1n) is 8.67. The lowest BCUT2D eigenvalue weighted by atomic mass is 10.1. The van der Waals surface area contributed by atoms with Crippen LogP contribution < -0.4 is 10.5 Å². The van der Waals surface area contributed by atoms with Crippen molar-refractivity contribution in [2.24, 2.45) is 10.7 Å². The number of nitrogens with zero attached hydrogens (tertiary/aromatic N) is 2. The molecule has 1 amide bonds. The molecule has 0 bridgehead atoms. The standard InChI is InChI=1S/C17H24N4O3S.ClH/c18-13-9-11-21(12-13)16(22)8-2-1-5-10-19-17-14-6-3-4-7-15(14)25(23,24)20-17;/h3-4,6-7,13H,1-2,5,8-12,18H2,(H,19,20);1H/t13-;/m1./s1. The fraction of sp³-hybridized carbons (Fsp3) is 0.529. The lowest BCUT2D eigenvalue weighted by molar-refractivity contribution is -0.130. The highest BCUT2D eigenvalue weighted by Crippen LogP contribution is 2.22. The van der Waals surface area contributed by atoms with Crippen LogP contribution in [0.2, 0.25) is 0 Å². The number of likely N-dealkylation sites (tertiary alicyclic amines) is 1. The largest absolute Gasteiger partial charge is 0.341 e. The number of sulfonamides is 1. The molecule has 0 radical (unpaired) electrons. The highest BCUT2D eigenvalue weighted by Gasteiger charge is 2.29. The van der Waals surface area contributed by atoms with E-state index in [0.717, 1.165) is 32.2 Å². The van der Waals surface area contributed by atoms with Gasteiger partial charge in [-0.1, -0.05) is 18.6 Å². The van der Waals surface area contributed by atoms with E-state index >= 15 is 0 Å². The Kier molecular flexibility index (Phi) is 7.02. The molecule has 144 valence electrons. The number of nitrogens with one attached hydrogen (secondary N) is 1. The highest BCUT2D eigenvalue weighted by atomic mass is 35.5. The number of halogens is 1. The summed E-state index contributed by atoms with van der Waals surface area (Å²) in [6.07, 6.45) is 3.95. The smallest absolute Gasteiger partial charge is 0.263 e. The van der Waals surface area contributed by atoms with Crippen molar-refractivity contribution in [2.75, 3.05) is 19.6 Å². The number of unbranched alkanes of at least 4 members (excludes halogenated alkanes) is 2. The van der Waals surface area contributed by atoms with Gasteiger partial charge in [0.15, 0.2) is 0 Å². The Bertz CT molecular complexity index is 782. The van der Waals surface area contributed by atoms with Crippen LogP contribution in [0.4, 0.5) is 0 Å². The molecule has 9 heteroatoms. The van der Waals surface area contributed by atoms with Crippen molar-refractivity contribution >= 4 is 34.2 Å². The molecule has 2 aliphatic heterocycles. The summed E-state index contributed by atoms with van der Waals surface area (Å²) in [5.74, 6) is 0.592. The second-order valence-electron chi connectivity index (χ2n) is 6.53. The van der Waals surface area contributed by atoms with Crippen molar-refractivity contribution < 1.29 is 13.2 Å². The Hall–Kier alpha value is -1.64. The van der Waals surface area contributed by atoms with Crippen molar-refractivity contribution in [3.63, 3.8) is 0 Å². The topological polar surface area (TPSA) is 105 Å². The molecule has 0 saturated carbocycles. The first-order valence-corrected chi connectivity index (χ1v) is 10.2. The minimum absolute atomic E-state index is 0. The third-order valence-corrected chi connectivity index (χ3v) is 5.96. The van der Waals surface area contributed by atoms with Crippen molar-refractivity contribution in [1.82, 2.24) is 9.62 Å². The zero-order valence-corrected chi connectivity index (χ0v) is 16.2. The van der Waals surface area contributed by atoms with Crippen LogP contribution in [-0.2, 0) is 14.8 Å². The number of carbonyl (C=O) groups excluding carboxylic acids is 1. The van der Waals surface area contributed by atoms with Crippen molar-refractivity contribution in [1.29, 1.82) is 0 Å². The SMILES string of the molecule is Cl.N[C@@H]1CCN(C(=O)CCCCCN=C2NS(=O)(=O)c3ccccc32)C1. The summed E-state index contributed by atoms with van der Waals surface area (Å²) >= 11 is 0. The molecule has 1 aromatic rings. The number of hydrogen-bond donors (Lipinski definition) is 2. The van der Waals surface area contributed by atoms with Gasteiger partial charge in [0.25, 0.3) is 10.0 Å². The summed E-state index contributed by atoms with van der Waals surface area (Å²) in [6.45, 7) is 1.98. The van der Waals surface area contributed by atoms with E-state index in [9.17, 15) is 13.2 Å². The first-order chi connectivity index (χ1) is 12.0. The van der Waals surface area contributed by atoms with Gasteiger partial charge in [-0.15, -0.1) is 12.4 Å². The Labute approximate surface area is 160 Å². The Morgan fingerprint density at radius 2 is 2.04 bits per heavy atom. The number of rotatable bonds is 6. The summed E-state index contributed by atoms with van der Waals surface area (Å²) in [5.41, 5.74) is 6.44. The summed E-state index contributed by atoms with van der Waals surface area (Å²) in [5, 5.41) is 0. The minimum atomic E-state index is -3.47. The average molecular weight is 401 g/mol. The van der Waals surface area contributed by atoms with Crippen LogP contribution in [0.3, 0.4) is 0 Å². The number of amidine groups is 1. The van der Waals surface area contributed by atoms with Crippen molar-refractivity contribution in [2.45, 2.75) is 43.0 Å². The van der Waals surface area contributed by atoms with E-state index in [1.165, 1.54) is 0 Å². The van der Waals surface area contributed by atoms with Gasteiger partial charge in [0, 0.05) is 37.7 Å². The van der Waals surface area contributed by atoms with Gasteiger partial charge in [-0.2, -0.15) is 0 Å². The monoisotopic (exact) mass is 400 g/mol. The second kappa shape index (κ2) is 8.83. The van der Waals surface area contributed by atoms with E-state index in [1.807, 2.05) is 4.90 Å². The van der Waals surface area contributed by atoms with E-state index in [2.05, 4.69) is 9.71 Å². The van der Waals surface area contributed by atoms with Gasteiger partial charge in [-0.25, -0.2) is 8.42 Å². The summed E-state index contributed by atoms with van der Waals surface area (Å²) in [6, 6.07) is 6.96. The zero-order valence-electron chi connectivity index (χ0n) is 14.6. The fourth-order valence-corrected chi connectivity index (χ4v) is 4.43. The Morgan fingerprint density at radius 3 is 2.77 bits per heavy atom. The number of amides is 1. The third-order valence-electron chi connectivity index (χ3n) is 4.56. The molecule has 1 aromatic carbocycles. The molecule has 26 heavy (non-hydrogen) atoms. The van der Waals surface area contributed by atoms with Crippen LogP contribution in [0.25, 0.3) is 0 Å². The normalized spacial score (nSPS) is 22.0. The molecule has 1 fully saturated rings. The van der Waals surface area contributed by atoms with E-state index < -0.39 is 10.0 Å². The highest BCUT2D eigenvalue weighted by molar-refractivity contribution is 7.90. The van der Waals surface area contributed by atoms with E-state index in [-0.39, 0.29) is 29.3 Å². The molecular weight excluding hydrogens is 376 g/mol. The predicted octanol–water partition coefficient (Wildman–Crippen LogP) is 1.27. The van der Waals surface area contributed by atoms with Crippen LogP contribution in [0, 0.1) is 0 Å². The fourth-order valence-electron chi connectivity index (χ4n) is 3.18. The van der Waals surface area contributed by atoms with Crippen LogP contribution in [0.5, 0.6) is 0 Å². The number of benzene rings is 1. The Balaban J connectivity index is 0.00000243. The van der Waals surface area contributed by atoms with E-state index in [0.29, 0.717) is 30.9 Å². The van der Waals surface area contributed by atoms with Gasteiger partial charge in [0.05, 0.1) is 4.90 Å². The number of hydrogen-bond acceptors (Lipinski definition) is 5. The molecule has 2 aliphatic rings. The summed E-state index contributed by atoms with van der Waals surface area (Å²) in [7, 11) is -3.47. The lowest BCUT2D eigenvalue weighted by Crippen LogP contribution is -2.31. The minimum Gasteiger partial charge on any atom is -0.341 e. The van der Waals surface area contributed by atoms with Gasteiger partial charge in [-0.05, 0) is 31.4 Å². The average Bonchev–Trinajstić information content (AvgIpc) is 3.13. The lowest BCUT2D eigenvalue weighted by Gasteiger charge is -2.15. The van der Waals surface area contributed by atoms with Crippen molar-refractivity contribution in [3.05, 3.63) is 29.8 Å². The molecule has 7 nitrogen and oxygen atoms in total. The Morgan fingerprint density at radius 1 is 1.27 bits per heavy atom. The van der Waals surface area contributed by atoms with Crippen LogP contribution >= 0.6 is 12.4 Å². The number of nitrogens with two attached hydrogens (primary N) is 1. The van der Waals surface area contributed by atoms with Gasteiger partial charge < -0.3 is 10.6 Å². The van der Waals surface area contributed by atoms with Crippen LogP contribution in [-0.4, -0.2) is 50.7 Å². The maximum absolute atomic E-state index is 12.0. The molecule has 0 aliphatic carbocycles. The number of fused-ring (bicyclic) bond motifs is 1. The summed E-state index contributed by atoms with van der Waals surface area (Å²) < 4.78 is 26.5. The third kappa shape index (κ3) is 4.75.